The van der Waals surface area contributed by atoms with E-state index < -0.39 is 28.5 Å². The Labute approximate surface area is 252 Å². The van der Waals surface area contributed by atoms with Crippen LogP contribution < -0.4 is 9.62 Å². The number of benzene rings is 3. The fraction of sp³-hybridized carbons (Fsp3) is 0.355. The Balaban J connectivity index is 1.74. The molecule has 0 unspecified atom stereocenters. The summed E-state index contributed by atoms with van der Waals surface area (Å²) in [5.74, 6) is -0.771. The summed E-state index contributed by atoms with van der Waals surface area (Å²) in [7, 11) is -4.15. The summed E-state index contributed by atoms with van der Waals surface area (Å²) in [4.78, 5) is 29.2. The summed E-state index contributed by atoms with van der Waals surface area (Å²) in [6, 6.07) is 19.2. The highest BCUT2D eigenvalue weighted by atomic mass is 35.5. The zero-order valence-electron chi connectivity index (χ0n) is 23.2. The van der Waals surface area contributed by atoms with E-state index in [1.807, 2.05) is 13.0 Å². The lowest BCUT2D eigenvalue weighted by molar-refractivity contribution is -0.140. The molecule has 0 bridgehead atoms. The lowest BCUT2D eigenvalue weighted by Crippen LogP contribution is -2.53. The van der Waals surface area contributed by atoms with Crippen molar-refractivity contribution in [3.63, 3.8) is 0 Å². The molecule has 2 amide bonds. The molecule has 1 aliphatic rings. The van der Waals surface area contributed by atoms with Crippen LogP contribution in [0.15, 0.2) is 77.7 Å². The van der Waals surface area contributed by atoms with Crippen molar-refractivity contribution < 1.29 is 18.0 Å². The number of rotatable bonds is 11. The average Bonchev–Trinajstić information content (AvgIpc) is 3.46. The van der Waals surface area contributed by atoms with Crippen molar-refractivity contribution in [3.05, 3.63) is 94.0 Å². The first-order chi connectivity index (χ1) is 19.6. The minimum absolute atomic E-state index is 0.0471. The van der Waals surface area contributed by atoms with Crippen molar-refractivity contribution in [2.24, 2.45) is 0 Å². The van der Waals surface area contributed by atoms with E-state index in [2.05, 4.69) is 5.32 Å². The van der Waals surface area contributed by atoms with Gasteiger partial charge in [-0.25, -0.2) is 8.42 Å². The molecule has 0 radical (unpaired) electrons. The van der Waals surface area contributed by atoms with E-state index in [9.17, 15) is 18.0 Å². The van der Waals surface area contributed by atoms with Gasteiger partial charge in [0.25, 0.3) is 10.0 Å². The fourth-order valence-corrected chi connectivity index (χ4v) is 7.15. The van der Waals surface area contributed by atoms with Crippen molar-refractivity contribution in [2.45, 2.75) is 69.5 Å². The van der Waals surface area contributed by atoms with Crippen LogP contribution in [0.3, 0.4) is 0 Å². The van der Waals surface area contributed by atoms with Gasteiger partial charge in [-0.05, 0) is 73.7 Å². The van der Waals surface area contributed by atoms with Crippen LogP contribution in [0.1, 0.15) is 50.2 Å². The standard InChI is InChI=1S/C31H35Cl2N3O4S/c1-3-28(31(38)34-25-12-8-9-13-25)35(20-23-11-7-10-16-27(23)33)30(37)21-36(29-18-17-24(32)19-22(29)2)41(39,40)26-14-5-4-6-15-26/h4-7,10-11,14-19,25,28H,3,8-9,12-13,20-21H2,1-2H3,(H,34,38)/t28-/m1/s1. The molecule has 10 heteroatoms. The summed E-state index contributed by atoms with van der Waals surface area (Å²) < 4.78 is 29.0. The van der Waals surface area contributed by atoms with Gasteiger partial charge in [0.2, 0.25) is 11.8 Å². The average molecular weight is 617 g/mol. The quantitative estimate of drug-likeness (QED) is 0.272. The molecule has 1 N–H and O–H groups in total. The minimum Gasteiger partial charge on any atom is -0.352 e. The molecule has 0 spiro atoms. The predicted molar refractivity (Wildman–Crippen MR) is 164 cm³/mol. The van der Waals surface area contributed by atoms with Crippen LogP contribution in [0.25, 0.3) is 0 Å². The number of aryl methyl sites for hydroxylation is 1. The Hall–Kier alpha value is -3.07. The molecule has 1 aliphatic carbocycles. The smallest absolute Gasteiger partial charge is 0.264 e. The second kappa shape index (κ2) is 13.7. The highest BCUT2D eigenvalue weighted by molar-refractivity contribution is 7.92. The van der Waals surface area contributed by atoms with Crippen molar-refractivity contribution >= 4 is 50.7 Å². The van der Waals surface area contributed by atoms with Crippen LogP contribution in [-0.4, -0.2) is 43.8 Å². The number of sulfonamides is 1. The molecule has 0 aliphatic heterocycles. The summed E-state index contributed by atoms with van der Waals surface area (Å²) in [6.07, 6.45) is 4.26. The van der Waals surface area contributed by atoms with Gasteiger partial charge in [0.15, 0.2) is 0 Å². The third kappa shape index (κ3) is 7.42. The van der Waals surface area contributed by atoms with Gasteiger partial charge in [-0.2, -0.15) is 0 Å². The molecule has 0 heterocycles. The second-order valence-electron chi connectivity index (χ2n) is 10.3. The molecule has 0 aromatic heterocycles. The normalized spacial score (nSPS) is 14.4. The van der Waals surface area contributed by atoms with Gasteiger partial charge in [-0.15, -0.1) is 0 Å². The molecular weight excluding hydrogens is 581 g/mol. The summed E-state index contributed by atoms with van der Waals surface area (Å²) in [5, 5.41) is 4.02. The summed E-state index contributed by atoms with van der Waals surface area (Å²) >= 11 is 12.6. The monoisotopic (exact) mass is 615 g/mol. The van der Waals surface area contributed by atoms with Gasteiger partial charge in [-0.1, -0.05) is 79.4 Å². The fourth-order valence-electron chi connectivity index (χ4n) is 5.23. The molecular formula is C31H35Cl2N3O4S. The second-order valence-corrected chi connectivity index (χ2v) is 13.0. The van der Waals surface area contributed by atoms with Gasteiger partial charge in [-0.3, -0.25) is 13.9 Å². The Morgan fingerprint density at radius 3 is 2.27 bits per heavy atom. The largest absolute Gasteiger partial charge is 0.352 e. The van der Waals surface area contributed by atoms with E-state index in [4.69, 9.17) is 23.2 Å². The summed E-state index contributed by atoms with van der Waals surface area (Å²) in [5.41, 5.74) is 1.58. The van der Waals surface area contributed by atoms with Crippen LogP contribution >= 0.6 is 23.2 Å². The highest BCUT2D eigenvalue weighted by Gasteiger charge is 2.35. The molecule has 1 fully saturated rings. The van der Waals surface area contributed by atoms with E-state index in [0.29, 0.717) is 33.3 Å². The summed E-state index contributed by atoms with van der Waals surface area (Å²) in [6.45, 7) is 3.11. The molecule has 41 heavy (non-hydrogen) atoms. The van der Waals surface area contributed by atoms with Gasteiger partial charge in [0, 0.05) is 22.6 Å². The lowest BCUT2D eigenvalue weighted by Gasteiger charge is -2.34. The Morgan fingerprint density at radius 2 is 1.63 bits per heavy atom. The van der Waals surface area contributed by atoms with Crippen LogP contribution in [0, 0.1) is 6.92 Å². The van der Waals surface area contributed by atoms with Gasteiger partial charge >= 0.3 is 0 Å². The molecule has 3 aromatic rings. The molecule has 1 atom stereocenters. The van der Waals surface area contributed by atoms with Crippen molar-refractivity contribution in [3.8, 4) is 0 Å². The number of hydrogen-bond donors (Lipinski definition) is 1. The third-order valence-corrected chi connectivity index (χ3v) is 9.80. The van der Waals surface area contributed by atoms with E-state index >= 15 is 0 Å². The Morgan fingerprint density at radius 1 is 0.976 bits per heavy atom. The number of halogens is 2. The van der Waals surface area contributed by atoms with Gasteiger partial charge < -0.3 is 10.2 Å². The zero-order chi connectivity index (χ0) is 29.6. The molecule has 3 aromatic carbocycles. The van der Waals surface area contributed by atoms with Gasteiger partial charge in [0.05, 0.1) is 10.6 Å². The van der Waals surface area contributed by atoms with Crippen LogP contribution in [-0.2, 0) is 26.2 Å². The number of carbonyl (C=O) groups excluding carboxylic acids is 2. The number of anilines is 1. The minimum atomic E-state index is -4.15. The first-order valence-electron chi connectivity index (χ1n) is 13.8. The van der Waals surface area contributed by atoms with Gasteiger partial charge in [0.1, 0.15) is 12.6 Å². The number of nitrogens with one attached hydrogen (secondary N) is 1. The molecule has 0 saturated heterocycles. The first-order valence-corrected chi connectivity index (χ1v) is 16.0. The highest BCUT2D eigenvalue weighted by Crippen LogP contribution is 2.30. The predicted octanol–water partition coefficient (Wildman–Crippen LogP) is 6.36. The Kier molecular flexibility index (Phi) is 10.3. The van der Waals surface area contributed by atoms with E-state index in [1.165, 1.54) is 17.0 Å². The maximum absolute atomic E-state index is 14.2. The third-order valence-electron chi connectivity index (χ3n) is 7.42. The topological polar surface area (TPSA) is 86.8 Å². The number of amides is 2. The number of nitrogens with zero attached hydrogens (tertiary/aromatic N) is 2. The Bertz CT molecular complexity index is 1480. The maximum atomic E-state index is 14.2. The van der Waals surface area contributed by atoms with E-state index in [1.54, 1.807) is 61.5 Å². The SMILES string of the molecule is CC[C@H](C(=O)NC1CCCC1)N(Cc1ccccc1Cl)C(=O)CN(c1ccc(Cl)cc1C)S(=O)(=O)c1ccccc1. The number of hydrogen-bond acceptors (Lipinski definition) is 4. The zero-order valence-corrected chi connectivity index (χ0v) is 25.6. The molecule has 1 saturated carbocycles. The first kappa shape index (κ1) is 30.9. The molecule has 7 nitrogen and oxygen atoms in total. The molecule has 4 rings (SSSR count). The van der Waals surface area contributed by atoms with Crippen molar-refractivity contribution in [1.29, 1.82) is 0 Å². The van der Waals surface area contributed by atoms with E-state index in [0.717, 1.165) is 30.0 Å². The van der Waals surface area contributed by atoms with Crippen LogP contribution in [0.5, 0.6) is 0 Å². The van der Waals surface area contributed by atoms with Crippen molar-refractivity contribution in [2.75, 3.05) is 10.8 Å². The number of carbonyl (C=O) groups is 2. The van der Waals surface area contributed by atoms with Crippen LogP contribution in [0.4, 0.5) is 5.69 Å². The van der Waals surface area contributed by atoms with E-state index in [-0.39, 0.29) is 23.4 Å². The van der Waals surface area contributed by atoms with Crippen LogP contribution in [0.2, 0.25) is 10.0 Å². The molecule has 218 valence electrons. The maximum Gasteiger partial charge on any atom is 0.264 e. The van der Waals surface area contributed by atoms with Crippen molar-refractivity contribution in [1.82, 2.24) is 10.2 Å². The lowest BCUT2D eigenvalue weighted by atomic mass is 10.1.